The van der Waals surface area contributed by atoms with Crippen LogP contribution in [0.5, 0.6) is 5.75 Å². The molecule has 0 bridgehead atoms. The van der Waals surface area contributed by atoms with Crippen molar-refractivity contribution < 1.29 is 9.53 Å². The summed E-state index contributed by atoms with van der Waals surface area (Å²) >= 11 is 6.03. The zero-order valence-corrected chi connectivity index (χ0v) is 14.7. The highest BCUT2D eigenvalue weighted by molar-refractivity contribution is 6.30. The van der Waals surface area contributed by atoms with E-state index in [0.29, 0.717) is 29.8 Å². The maximum absolute atomic E-state index is 13.0. The van der Waals surface area contributed by atoms with Gasteiger partial charge in [0.25, 0.3) is 0 Å². The molecule has 2 aliphatic heterocycles. The zero-order chi connectivity index (χ0) is 17.2. The van der Waals surface area contributed by atoms with E-state index in [1.54, 1.807) is 23.2 Å². The molecule has 1 saturated heterocycles. The molecule has 130 valence electrons. The fraction of sp³-hybridized carbons (Fsp3) is 0.368. The normalized spacial score (nSPS) is 17.8. The maximum atomic E-state index is 13.0. The molecule has 5 nitrogen and oxygen atoms in total. The minimum atomic E-state index is 0.0523. The smallest absolute Gasteiger partial charge is 0.324 e. The molecule has 0 radical (unpaired) electrons. The minimum absolute atomic E-state index is 0.0523. The number of hydrogen-bond donors (Lipinski definition) is 0. The first-order chi connectivity index (χ1) is 12.2. The number of amides is 2. The second-order valence-corrected chi connectivity index (χ2v) is 6.88. The van der Waals surface area contributed by atoms with E-state index >= 15 is 0 Å². The fourth-order valence-corrected chi connectivity index (χ4v) is 3.75. The molecule has 0 spiro atoms. The van der Waals surface area contributed by atoms with Crippen molar-refractivity contribution in [3.05, 3.63) is 53.3 Å². The second-order valence-electron chi connectivity index (χ2n) is 6.44. The number of anilines is 1. The molecule has 6 heteroatoms. The number of halogens is 1. The van der Waals surface area contributed by atoms with Gasteiger partial charge in [-0.3, -0.25) is 9.88 Å². The van der Waals surface area contributed by atoms with E-state index < -0.39 is 0 Å². The number of ether oxygens (including phenoxy) is 1. The molecule has 2 aromatic rings. The largest absolute Gasteiger partial charge is 0.489 e. The standard InChI is InChI=1S/C19H20ClN3O2/c20-16-3-4-17-18(12-16)25-11-10-23(17)19(24)22-8-5-14(6-9-22)15-2-1-7-21-13-15/h1-4,7,12-14H,5-6,8-11H2. The van der Waals surface area contributed by atoms with Crippen LogP contribution in [-0.4, -0.2) is 42.2 Å². The number of nitrogens with zero attached hydrogens (tertiary/aromatic N) is 3. The van der Waals surface area contributed by atoms with Gasteiger partial charge in [0.05, 0.1) is 12.2 Å². The summed E-state index contributed by atoms with van der Waals surface area (Å²) in [5.41, 5.74) is 2.07. The summed E-state index contributed by atoms with van der Waals surface area (Å²) in [7, 11) is 0. The SMILES string of the molecule is O=C(N1CCC(c2cccnc2)CC1)N1CCOc2cc(Cl)ccc21. The van der Waals surface area contributed by atoms with Gasteiger partial charge >= 0.3 is 6.03 Å². The van der Waals surface area contributed by atoms with E-state index in [4.69, 9.17) is 16.3 Å². The number of benzene rings is 1. The van der Waals surface area contributed by atoms with Gasteiger partial charge in [0.2, 0.25) is 0 Å². The van der Waals surface area contributed by atoms with Gasteiger partial charge in [-0.25, -0.2) is 4.79 Å². The molecule has 0 unspecified atom stereocenters. The first-order valence-electron chi connectivity index (χ1n) is 8.61. The van der Waals surface area contributed by atoms with Crippen molar-refractivity contribution in [2.45, 2.75) is 18.8 Å². The van der Waals surface area contributed by atoms with Crippen LogP contribution in [0.1, 0.15) is 24.3 Å². The third kappa shape index (κ3) is 3.29. The lowest BCUT2D eigenvalue weighted by Gasteiger charge is -2.37. The molecule has 1 fully saturated rings. The zero-order valence-electron chi connectivity index (χ0n) is 13.9. The number of fused-ring (bicyclic) bond motifs is 1. The second kappa shape index (κ2) is 6.92. The molecule has 0 N–H and O–H groups in total. The third-order valence-corrected chi connectivity index (χ3v) is 5.17. The van der Waals surface area contributed by atoms with Crippen LogP contribution in [0.2, 0.25) is 5.02 Å². The van der Waals surface area contributed by atoms with Crippen LogP contribution >= 0.6 is 11.6 Å². The Morgan fingerprint density at radius 2 is 2.04 bits per heavy atom. The van der Waals surface area contributed by atoms with Crippen LogP contribution in [0.4, 0.5) is 10.5 Å². The molecule has 4 rings (SSSR count). The number of carbonyl (C=O) groups excluding carboxylic acids is 1. The van der Waals surface area contributed by atoms with E-state index in [1.807, 2.05) is 23.2 Å². The molecule has 25 heavy (non-hydrogen) atoms. The molecule has 0 atom stereocenters. The molecular weight excluding hydrogens is 338 g/mol. The van der Waals surface area contributed by atoms with Crippen molar-refractivity contribution >= 4 is 23.3 Å². The summed E-state index contributed by atoms with van der Waals surface area (Å²) in [6, 6.07) is 9.57. The first kappa shape index (κ1) is 16.2. The van der Waals surface area contributed by atoms with Crippen LogP contribution in [0.3, 0.4) is 0 Å². The van der Waals surface area contributed by atoms with E-state index in [-0.39, 0.29) is 6.03 Å². The van der Waals surface area contributed by atoms with Gasteiger partial charge in [-0.2, -0.15) is 0 Å². The number of piperidine rings is 1. The molecular formula is C19H20ClN3O2. The highest BCUT2D eigenvalue weighted by Gasteiger charge is 2.30. The molecule has 3 heterocycles. The highest BCUT2D eigenvalue weighted by atomic mass is 35.5. The van der Waals surface area contributed by atoms with Crippen LogP contribution in [0.15, 0.2) is 42.7 Å². The highest BCUT2D eigenvalue weighted by Crippen LogP contribution is 2.35. The van der Waals surface area contributed by atoms with Gasteiger partial charge < -0.3 is 9.64 Å². The average Bonchev–Trinajstić information content (AvgIpc) is 2.67. The number of pyridine rings is 1. The Balaban J connectivity index is 1.45. The number of likely N-dealkylation sites (tertiary alicyclic amines) is 1. The number of aromatic nitrogens is 1. The van der Waals surface area contributed by atoms with Crippen LogP contribution in [-0.2, 0) is 0 Å². The van der Waals surface area contributed by atoms with Crippen LogP contribution in [0, 0.1) is 0 Å². The van der Waals surface area contributed by atoms with Gasteiger partial charge in [-0.1, -0.05) is 17.7 Å². The minimum Gasteiger partial charge on any atom is -0.489 e. The Labute approximate surface area is 152 Å². The van der Waals surface area contributed by atoms with Gasteiger partial charge in [0.1, 0.15) is 12.4 Å². The fourth-order valence-electron chi connectivity index (χ4n) is 3.58. The number of carbonyl (C=O) groups is 1. The Morgan fingerprint density at radius 3 is 2.80 bits per heavy atom. The molecule has 1 aromatic carbocycles. The molecule has 1 aromatic heterocycles. The molecule has 2 aliphatic rings. The monoisotopic (exact) mass is 357 g/mol. The quantitative estimate of drug-likeness (QED) is 0.776. The number of rotatable bonds is 1. The molecule has 0 saturated carbocycles. The van der Waals surface area contributed by atoms with Crippen molar-refractivity contribution in [2.24, 2.45) is 0 Å². The van der Waals surface area contributed by atoms with Gasteiger partial charge in [0.15, 0.2) is 0 Å². The lowest BCUT2D eigenvalue weighted by atomic mass is 9.90. The van der Waals surface area contributed by atoms with Crippen LogP contribution in [0.25, 0.3) is 0 Å². The third-order valence-electron chi connectivity index (χ3n) is 4.94. The molecule has 0 aliphatic carbocycles. The van der Waals surface area contributed by atoms with E-state index in [2.05, 4.69) is 11.1 Å². The molecule has 2 amide bonds. The summed E-state index contributed by atoms with van der Waals surface area (Å²) < 4.78 is 5.64. The van der Waals surface area contributed by atoms with Gasteiger partial charge in [0, 0.05) is 36.6 Å². The van der Waals surface area contributed by atoms with E-state index in [9.17, 15) is 4.79 Å². The topological polar surface area (TPSA) is 45.7 Å². The Hall–Kier alpha value is -2.27. The summed E-state index contributed by atoms with van der Waals surface area (Å²) in [6.07, 6.45) is 5.67. The van der Waals surface area contributed by atoms with Crippen molar-refractivity contribution in [1.29, 1.82) is 0 Å². The number of urea groups is 1. The average molecular weight is 358 g/mol. The summed E-state index contributed by atoms with van der Waals surface area (Å²) in [6.45, 7) is 2.58. The van der Waals surface area contributed by atoms with Gasteiger partial charge in [-0.15, -0.1) is 0 Å². The Morgan fingerprint density at radius 1 is 1.20 bits per heavy atom. The maximum Gasteiger partial charge on any atom is 0.324 e. The summed E-state index contributed by atoms with van der Waals surface area (Å²) in [5.74, 6) is 1.16. The Bertz CT molecular complexity index is 761. The lowest BCUT2D eigenvalue weighted by Crippen LogP contribution is -2.49. The lowest BCUT2D eigenvalue weighted by molar-refractivity contribution is 0.184. The van der Waals surface area contributed by atoms with Crippen molar-refractivity contribution in [3.8, 4) is 5.75 Å². The summed E-state index contributed by atoms with van der Waals surface area (Å²) in [5, 5.41) is 0.616. The first-order valence-corrected chi connectivity index (χ1v) is 8.99. The van der Waals surface area contributed by atoms with E-state index in [0.717, 1.165) is 31.6 Å². The van der Waals surface area contributed by atoms with Crippen molar-refractivity contribution in [1.82, 2.24) is 9.88 Å². The van der Waals surface area contributed by atoms with Crippen molar-refractivity contribution in [2.75, 3.05) is 31.1 Å². The number of hydrogen-bond acceptors (Lipinski definition) is 3. The van der Waals surface area contributed by atoms with Crippen LogP contribution < -0.4 is 9.64 Å². The predicted molar refractivity (Wildman–Crippen MR) is 97.5 cm³/mol. The van der Waals surface area contributed by atoms with Gasteiger partial charge in [-0.05, 0) is 42.5 Å². The Kier molecular flexibility index (Phi) is 4.49. The summed E-state index contributed by atoms with van der Waals surface area (Å²) in [4.78, 5) is 20.9. The van der Waals surface area contributed by atoms with Crippen molar-refractivity contribution in [3.63, 3.8) is 0 Å². The van der Waals surface area contributed by atoms with E-state index in [1.165, 1.54) is 5.56 Å². The predicted octanol–water partition coefficient (Wildman–Crippen LogP) is 3.93.